The van der Waals surface area contributed by atoms with Crippen molar-refractivity contribution in [3.05, 3.63) is 53.6 Å². The molecule has 1 unspecified atom stereocenters. The molecule has 0 radical (unpaired) electrons. The summed E-state index contributed by atoms with van der Waals surface area (Å²) < 4.78 is 28.1. The Morgan fingerprint density at radius 1 is 0.966 bits per heavy atom. The third kappa shape index (κ3) is 4.37. The zero-order valence-corrected chi connectivity index (χ0v) is 17.9. The molecule has 1 N–H and O–H groups in total. The van der Waals surface area contributed by atoms with Crippen LogP contribution in [0.4, 0.5) is 0 Å². The molecule has 2 fully saturated rings. The molecule has 2 aromatic rings. The summed E-state index contributed by atoms with van der Waals surface area (Å²) in [5.74, 6) is 0. The predicted octanol–water partition coefficient (Wildman–Crippen LogP) is 3.62. The molecule has 29 heavy (non-hydrogen) atoms. The van der Waals surface area contributed by atoms with Gasteiger partial charge in [-0.3, -0.25) is 4.90 Å². The van der Waals surface area contributed by atoms with Gasteiger partial charge in [0.05, 0.1) is 11.5 Å². The van der Waals surface area contributed by atoms with Crippen LogP contribution in [0.15, 0.2) is 53.4 Å². The van der Waals surface area contributed by atoms with Gasteiger partial charge in [-0.2, -0.15) is 4.31 Å². The maximum atomic E-state index is 13.2. The number of halogens is 1. The molecule has 0 spiro atoms. The van der Waals surface area contributed by atoms with E-state index in [9.17, 15) is 13.5 Å². The number of hydrogen-bond donors (Lipinski definition) is 1. The Balaban J connectivity index is 1.48. The average molecular weight is 435 g/mol. The lowest BCUT2D eigenvalue weighted by Gasteiger charge is -2.38. The van der Waals surface area contributed by atoms with Crippen LogP contribution >= 0.6 is 11.6 Å². The molecule has 7 heteroatoms. The maximum absolute atomic E-state index is 13.2. The molecule has 0 saturated carbocycles. The number of rotatable bonds is 5. The Bertz CT molecular complexity index is 941. The lowest BCUT2D eigenvalue weighted by molar-refractivity contribution is 0.0899. The second-order valence-electron chi connectivity index (χ2n) is 7.89. The van der Waals surface area contributed by atoms with E-state index >= 15 is 0 Å². The number of sulfonamides is 1. The lowest BCUT2D eigenvalue weighted by Crippen LogP contribution is -2.48. The van der Waals surface area contributed by atoms with E-state index in [0.717, 1.165) is 43.4 Å². The van der Waals surface area contributed by atoms with E-state index in [0.29, 0.717) is 29.0 Å². The fourth-order valence-electron chi connectivity index (χ4n) is 4.58. The molecule has 2 aliphatic heterocycles. The van der Waals surface area contributed by atoms with Crippen LogP contribution in [0.2, 0.25) is 5.02 Å². The predicted molar refractivity (Wildman–Crippen MR) is 115 cm³/mol. The Labute approximate surface area is 178 Å². The molecule has 2 aromatic carbocycles. The van der Waals surface area contributed by atoms with Gasteiger partial charge in [0.25, 0.3) is 0 Å². The normalized spacial score (nSPS) is 22.2. The van der Waals surface area contributed by atoms with Crippen LogP contribution in [-0.2, 0) is 10.0 Å². The van der Waals surface area contributed by atoms with Gasteiger partial charge in [-0.1, -0.05) is 35.9 Å². The highest BCUT2D eigenvalue weighted by molar-refractivity contribution is 7.89. The summed E-state index contributed by atoms with van der Waals surface area (Å²) in [4.78, 5) is 2.71. The first kappa shape index (κ1) is 20.8. The third-order valence-corrected chi connectivity index (χ3v) is 8.32. The van der Waals surface area contributed by atoms with E-state index in [1.54, 1.807) is 34.6 Å². The topological polar surface area (TPSA) is 60.9 Å². The average Bonchev–Trinajstić information content (AvgIpc) is 3.23. The van der Waals surface area contributed by atoms with Crippen LogP contribution in [0, 0.1) is 0 Å². The number of piperidine rings is 1. The zero-order valence-electron chi connectivity index (χ0n) is 16.4. The Morgan fingerprint density at radius 2 is 1.69 bits per heavy atom. The summed E-state index contributed by atoms with van der Waals surface area (Å²) in [6.45, 7) is 2.24. The molecule has 2 aliphatic rings. The Morgan fingerprint density at radius 3 is 2.38 bits per heavy atom. The van der Waals surface area contributed by atoms with Crippen LogP contribution in [0.3, 0.4) is 0 Å². The van der Waals surface area contributed by atoms with Crippen molar-refractivity contribution in [3.8, 4) is 11.1 Å². The van der Waals surface area contributed by atoms with Gasteiger partial charge in [0, 0.05) is 30.2 Å². The van der Waals surface area contributed by atoms with Crippen LogP contribution < -0.4 is 0 Å². The smallest absolute Gasteiger partial charge is 0.243 e. The standard InChI is InChI=1S/C22H27ClN2O3S/c23-19-8-6-17(7-9-19)18-3-1-5-22(15-18)29(27,28)24-13-10-20(11-14-24)25-12-2-4-21(25)16-26/h1,3,5-9,15,20-21,26H,2,4,10-14,16H2. The highest BCUT2D eigenvalue weighted by Crippen LogP contribution is 2.30. The van der Waals surface area contributed by atoms with Gasteiger partial charge >= 0.3 is 0 Å². The molecule has 0 aliphatic carbocycles. The number of nitrogens with zero attached hydrogens (tertiary/aromatic N) is 2. The van der Waals surface area contributed by atoms with Crippen molar-refractivity contribution < 1.29 is 13.5 Å². The van der Waals surface area contributed by atoms with Crippen molar-refractivity contribution in [3.63, 3.8) is 0 Å². The fraction of sp³-hybridized carbons (Fsp3) is 0.455. The van der Waals surface area contributed by atoms with Gasteiger partial charge in [-0.05, 0) is 67.6 Å². The van der Waals surface area contributed by atoms with E-state index in [1.165, 1.54) is 0 Å². The molecular weight excluding hydrogens is 408 g/mol. The first-order chi connectivity index (χ1) is 14.0. The molecule has 4 rings (SSSR count). The highest BCUT2D eigenvalue weighted by Gasteiger charge is 2.35. The SMILES string of the molecule is O=S(=O)(c1cccc(-c2ccc(Cl)cc2)c1)N1CCC(N2CCCC2CO)CC1. The van der Waals surface area contributed by atoms with E-state index < -0.39 is 10.0 Å². The monoisotopic (exact) mass is 434 g/mol. The van der Waals surface area contributed by atoms with Crippen molar-refractivity contribution in [1.29, 1.82) is 0 Å². The lowest BCUT2D eigenvalue weighted by atomic mass is 10.0. The van der Waals surface area contributed by atoms with Gasteiger partial charge < -0.3 is 5.11 Å². The van der Waals surface area contributed by atoms with E-state index in [-0.39, 0.29) is 12.6 Å². The summed E-state index contributed by atoms with van der Waals surface area (Å²) in [5, 5.41) is 10.2. The van der Waals surface area contributed by atoms with Gasteiger partial charge in [-0.15, -0.1) is 0 Å². The summed E-state index contributed by atoms with van der Waals surface area (Å²) in [7, 11) is -3.53. The molecule has 0 bridgehead atoms. The van der Waals surface area contributed by atoms with Crippen molar-refractivity contribution in [1.82, 2.24) is 9.21 Å². The van der Waals surface area contributed by atoms with Crippen LogP contribution in [0.25, 0.3) is 11.1 Å². The Hall–Kier alpha value is -1.44. The van der Waals surface area contributed by atoms with Gasteiger partial charge in [0.15, 0.2) is 0 Å². The van der Waals surface area contributed by atoms with Gasteiger partial charge in [-0.25, -0.2) is 8.42 Å². The number of aliphatic hydroxyl groups is 1. The molecule has 2 saturated heterocycles. The third-order valence-electron chi connectivity index (χ3n) is 6.18. The molecule has 156 valence electrons. The first-order valence-corrected chi connectivity index (χ1v) is 12.0. The molecule has 5 nitrogen and oxygen atoms in total. The molecule has 0 aromatic heterocycles. The number of likely N-dealkylation sites (tertiary alicyclic amines) is 1. The minimum Gasteiger partial charge on any atom is -0.395 e. The van der Waals surface area contributed by atoms with E-state index in [1.807, 2.05) is 18.2 Å². The first-order valence-electron chi connectivity index (χ1n) is 10.2. The van der Waals surface area contributed by atoms with Gasteiger partial charge in [0.2, 0.25) is 10.0 Å². The minimum atomic E-state index is -3.53. The molecule has 2 heterocycles. The van der Waals surface area contributed by atoms with Crippen molar-refractivity contribution in [2.24, 2.45) is 0 Å². The number of aliphatic hydroxyl groups excluding tert-OH is 1. The molecular formula is C22H27ClN2O3S. The highest BCUT2D eigenvalue weighted by atomic mass is 35.5. The second-order valence-corrected chi connectivity index (χ2v) is 10.3. The molecule has 0 amide bonds. The van der Waals surface area contributed by atoms with E-state index in [4.69, 9.17) is 11.6 Å². The van der Waals surface area contributed by atoms with Crippen molar-refractivity contribution in [2.45, 2.75) is 42.7 Å². The van der Waals surface area contributed by atoms with Crippen LogP contribution in [0.1, 0.15) is 25.7 Å². The van der Waals surface area contributed by atoms with Crippen molar-refractivity contribution >= 4 is 21.6 Å². The van der Waals surface area contributed by atoms with Crippen molar-refractivity contribution in [2.75, 3.05) is 26.2 Å². The van der Waals surface area contributed by atoms with Crippen LogP contribution in [0.5, 0.6) is 0 Å². The summed E-state index contributed by atoms with van der Waals surface area (Å²) >= 11 is 5.96. The molecule has 1 atom stereocenters. The number of hydrogen-bond acceptors (Lipinski definition) is 4. The maximum Gasteiger partial charge on any atom is 0.243 e. The minimum absolute atomic E-state index is 0.190. The van der Waals surface area contributed by atoms with E-state index in [2.05, 4.69) is 4.90 Å². The number of benzene rings is 2. The second kappa shape index (κ2) is 8.74. The fourth-order valence-corrected chi connectivity index (χ4v) is 6.22. The summed E-state index contributed by atoms with van der Waals surface area (Å²) in [5.41, 5.74) is 1.80. The summed E-state index contributed by atoms with van der Waals surface area (Å²) in [6, 6.07) is 15.1. The summed E-state index contributed by atoms with van der Waals surface area (Å²) in [6.07, 6.45) is 3.77. The largest absolute Gasteiger partial charge is 0.395 e. The van der Waals surface area contributed by atoms with Crippen LogP contribution in [-0.4, -0.2) is 61.1 Å². The van der Waals surface area contributed by atoms with Gasteiger partial charge in [0.1, 0.15) is 0 Å². The Kier molecular flexibility index (Phi) is 6.27. The quantitative estimate of drug-likeness (QED) is 0.780. The zero-order chi connectivity index (χ0) is 20.4.